The van der Waals surface area contributed by atoms with Crippen LogP contribution in [0, 0.1) is 0 Å². The first kappa shape index (κ1) is 39.5. The molecule has 2 aromatic rings. The fourth-order valence-corrected chi connectivity index (χ4v) is 7.01. The quantitative estimate of drug-likeness (QED) is 0.212. The highest BCUT2D eigenvalue weighted by Gasteiger charge is 2.36. The Kier molecular flexibility index (Phi) is 13.5. The van der Waals surface area contributed by atoms with Gasteiger partial charge in [0, 0.05) is 70.9 Å². The number of nitrogens with one attached hydrogen (secondary N) is 2. The molecule has 2 atom stereocenters. The summed E-state index contributed by atoms with van der Waals surface area (Å²) in [5, 5.41) is 19.6. The molecule has 0 bridgehead atoms. The molecule has 4 fully saturated rings. The van der Waals surface area contributed by atoms with E-state index in [2.05, 4.69) is 20.6 Å². The number of piperazine rings is 1. The van der Waals surface area contributed by atoms with E-state index in [9.17, 15) is 33.9 Å². The van der Waals surface area contributed by atoms with Crippen LogP contribution in [0.25, 0.3) is 5.69 Å². The third-order valence-corrected chi connectivity index (χ3v) is 10.5. The number of hydrogen-bond acceptors (Lipinski definition) is 11. The summed E-state index contributed by atoms with van der Waals surface area (Å²) in [4.78, 5) is 84.4. The zero-order valence-electron chi connectivity index (χ0n) is 30.9. The maximum atomic E-state index is 13.8. The first-order valence-corrected chi connectivity index (χ1v) is 19.1. The van der Waals surface area contributed by atoms with E-state index in [4.69, 9.17) is 14.2 Å². The number of carbonyl (C=O) groups is 6. The van der Waals surface area contributed by atoms with Crippen molar-refractivity contribution < 1.29 is 48.1 Å². The van der Waals surface area contributed by atoms with Crippen molar-refractivity contribution in [3.8, 4) is 11.6 Å². The number of para-hydroxylation sites is 1. The smallest absolute Gasteiger partial charge is 0.407 e. The lowest BCUT2D eigenvalue weighted by Crippen LogP contribution is -2.55. The third kappa shape index (κ3) is 10.5. The van der Waals surface area contributed by atoms with E-state index >= 15 is 0 Å². The van der Waals surface area contributed by atoms with Gasteiger partial charge < -0.3 is 44.7 Å². The molecule has 298 valence electrons. The molecular weight excluding hydrogens is 716 g/mol. The fourth-order valence-electron chi connectivity index (χ4n) is 7.01. The van der Waals surface area contributed by atoms with Crippen LogP contribution in [0.15, 0.2) is 36.4 Å². The van der Waals surface area contributed by atoms with Crippen molar-refractivity contribution in [1.29, 1.82) is 0 Å². The Hall–Kier alpha value is -5.23. The Morgan fingerprint density at radius 3 is 2.33 bits per heavy atom. The van der Waals surface area contributed by atoms with E-state index in [0.717, 1.165) is 32.4 Å². The summed E-state index contributed by atoms with van der Waals surface area (Å²) in [5.41, 5.74) is 0.443. The second kappa shape index (κ2) is 18.9. The monoisotopic (exact) mass is 766 g/mol. The molecule has 3 N–H and O–H groups in total. The van der Waals surface area contributed by atoms with Gasteiger partial charge in [-0.05, 0) is 50.7 Å². The van der Waals surface area contributed by atoms with E-state index in [-0.39, 0.29) is 75.1 Å². The van der Waals surface area contributed by atoms with Gasteiger partial charge in [-0.15, -0.1) is 0 Å². The molecule has 18 nitrogen and oxygen atoms in total. The highest BCUT2D eigenvalue weighted by molar-refractivity contribution is 5.96. The van der Waals surface area contributed by atoms with Gasteiger partial charge in [0.05, 0.1) is 18.9 Å². The Morgan fingerprint density at radius 1 is 0.909 bits per heavy atom. The number of nitrogens with zero attached hydrogens (tertiary/aromatic N) is 6. The summed E-state index contributed by atoms with van der Waals surface area (Å²) in [6.07, 6.45) is 2.92. The Labute approximate surface area is 319 Å². The van der Waals surface area contributed by atoms with E-state index in [1.807, 2.05) is 6.07 Å². The molecular formula is C37H50N8O10. The van der Waals surface area contributed by atoms with Crippen LogP contribution in [0.3, 0.4) is 0 Å². The number of carboxylic acid groups (broad SMARTS) is 1. The number of rotatable bonds is 15. The molecule has 6 rings (SSSR count). The zero-order valence-corrected chi connectivity index (χ0v) is 30.9. The molecule has 1 aromatic carbocycles. The van der Waals surface area contributed by atoms with Gasteiger partial charge in [0.15, 0.2) is 12.3 Å². The third-order valence-electron chi connectivity index (χ3n) is 10.5. The molecule has 4 heterocycles. The van der Waals surface area contributed by atoms with Crippen molar-refractivity contribution in [2.75, 3.05) is 78.8 Å². The van der Waals surface area contributed by atoms with E-state index in [1.54, 1.807) is 24.3 Å². The minimum absolute atomic E-state index is 0.0668. The molecule has 1 saturated carbocycles. The first-order valence-electron chi connectivity index (χ1n) is 19.1. The molecule has 1 aliphatic carbocycles. The van der Waals surface area contributed by atoms with Crippen LogP contribution < -0.4 is 15.4 Å². The number of carbonyl (C=O) groups excluding carboxylic acids is 5. The predicted octanol–water partition coefficient (Wildman–Crippen LogP) is 0.487. The van der Waals surface area contributed by atoms with Crippen molar-refractivity contribution in [2.45, 2.75) is 63.1 Å². The van der Waals surface area contributed by atoms with Crippen LogP contribution in [-0.4, -0.2) is 167 Å². The van der Waals surface area contributed by atoms with Crippen LogP contribution in [0.5, 0.6) is 5.88 Å². The van der Waals surface area contributed by atoms with Crippen LogP contribution in [0.2, 0.25) is 0 Å². The van der Waals surface area contributed by atoms with Gasteiger partial charge in [-0.25, -0.2) is 9.48 Å². The maximum Gasteiger partial charge on any atom is 0.407 e. The van der Waals surface area contributed by atoms with Crippen molar-refractivity contribution in [2.24, 2.45) is 0 Å². The van der Waals surface area contributed by atoms with Gasteiger partial charge in [-0.3, -0.25) is 28.9 Å². The van der Waals surface area contributed by atoms with Crippen LogP contribution in [-0.2, 0) is 28.7 Å². The lowest BCUT2D eigenvalue weighted by Gasteiger charge is -2.35. The average Bonchev–Trinajstić information content (AvgIpc) is 3.86. The van der Waals surface area contributed by atoms with E-state index in [0.29, 0.717) is 44.8 Å². The zero-order chi connectivity index (χ0) is 38.7. The molecule has 0 unspecified atom stereocenters. The lowest BCUT2D eigenvalue weighted by atomic mass is 9.93. The Morgan fingerprint density at radius 2 is 1.64 bits per heavy atom. The minimum Gasteiger partial charge on any atom is -0.467 e. The van der Waals surface area contributed by atoms with Crippen molar-refractivity contribution in [3.63, 3.8) is 0 Å². The standard InChI is InChI=1S/C37H50N8O10/c46-31(44-13-5-10-30(44)35(49)38-26-6-4-7-26)25-55-32-24-29(40-45(32)27-8-2-1-3-9-27)34(48)39-28(36(50)42-14-16-43(17-15-42)37(51)52)11-12-33(47)54-23-20-41-18-21-53-22-19-41/h1-3,8-9,24,26,28,30H,4-7,10-23,25H2,(H,38,49)(H,39,48)(H,51,52)/t28-,30-/m0/s1. The summed E-state index contributed by atoms with van der Waals surface area (Å²) in [5.74, 6) is -2.14. The van der Waals surface area contributed by atoms with Gasteiger partial charge in [-0.1, -0.05) is 18.2 Å². The van der Waals surface area contributed by atoms with E-state index < -0.39 is 42.6 Å². The second-order valence-electron chi connectivity index (χ2n) is 14.1. The van der Waals surface area contributed by atoms with Gasteiger partial charge in [0.1, 0.15) is 18.7 Å². The lowest BCUT2D eigenvalue weighted by molar-refractivity contribution is -0.145. The molecule has 3 saturated heterocycles. The summed E-state index contributed by atoms with van der Waals surface area (Å²) < 4.78 is 18.1. The summed E-state index contributed by atoms with van der Waals surface area (Å²) in [6.45, 7) is 3.94. The van der Waals surface area contributed by atoms with Crippen LogP contribution in [0.1, 0.15) is 55.4 Å². The number of esters is 1. The number of likely N-dealkylation sites (tertiary alicyclic amines) is 1. The summed E-state index contributed by atoms with van der Waals surface area (Å²) >= 11 is 0. The topological polar surface area (TPSA) is 205 Å². The Bertz CT molecular complexity index is 1670. The SMILES string of the molecule is O=C(CC[C@H](NC(=O)c1cc(OCC(=O)N2CCC[C@H]2C(=O)NC2CCC2)n(-c2ccccc2)n1)C(=O)N1CCN(C(=O)O)CC1)OCCN1CCOCC1. The maximum absolute atomic E-state index is 13.8. The highest BCUT2D eigenvalue weighted by atomic mass is 16.5. The number of ether oxygens (including phenoxy) is 3. The molecule has 3 aliphatic heterocycles. The normalized spacial score (nSPS) is 19.6. The number of aromatic nitrogens is 2. The first-order chi connectivity index (χ1) is 26.7. The molecule has 5 amide bonds. The predicted molar refractivity (Wildman–Crippen MR) is 194 cm³/mol. The number of hydrogen-bond donors (Lipinski definition) is 3. The van der Waals surface area contributed by atoms with Crippen molar-refractivity contribution in [1.82, 2.24) is 40.0 Å². The summed E-state index contributed by atoms with van der Waals surface area (Å²) in [6, 6.07) is 8.67. The number of morpholine rings is 1. The largest absolute Gasteiger partial charge is 0.467 e. The molecule has 55 heavy (non-hydrogen) atoms. The summed E-state index contributed by atoms with van der Waals surface area (Å²) in [7, 11) is 0. The highest BCUT2D eigenvalue weighted by Crippen LogP contribution is 2.24. The molecule has 0 spiro atoms. The van der Waals surface area contributed by atoms with Crippen LogP contribution >= 0.6 is 0 Å². The van der Waals surface area contributed by atoms with Gasteiger partial charge in [-0.2, -0.15) is 5.10 Å². The van der Waals surface area contributed by atoms with Gasteiger partial charge >= 0.3 is 12.1 Å². The van der Waals surface area contributed by atoms with Crippen molar-refractivity contribution >= 4 is 35.7 Å². The Balaban J connectivity index is 1.12. The van der Waals surface area contributed by atoms with Gasteiger partial charge in [0.25, 0.3) is 11.8 Å². The molecule has 18 heteroatoms. The van der Waals surface area contributed by atoms with E-state index in [1.165, 1.54) is 25.4 Å². The fraction of sp³-hybridized carbons (Fsp3) is 0.595. The number of amides is 5. The average molecular weight is 767 g/mol. The number of benzene rings is 1. The van der Waals surface area contributed by atoms with Gasteiger partial charge in [0.2, 0.25) is 17.7 Å². The molecule has 0 radical (unpaired) electrons. The molecule has 1 aromatic heterocycles. The van der Waals surface area contributed by atoms with Crippen LogP contribution in [0.4, 0.5) is 4.79 Å². The minimum atomic E-state index is -1.15. The molecule has 4 aliphatic rings. The second-order valence-corrected chi connectivity index (χ2v) is 14.1. The van der Waals surface area contributed by atoms with Crippen molar-refractivity contribution in [3.05, 3.63) is 42.1 Å².